The van der Waals surface area contributed by atoms with E-state index in [9.17, 15) is 13.2 Å². The molecule has 2 rings (SSSR count). The van der Waals surface area contributed by atoms with Gasteiger partial charge in [0.05, 0.1) is 29.1 Å². The van der Waals surface area contributed by atoms with Crippen LogP contribution in [-0.4, -0.2) is 25.6 Å². The lowest BCUT2D eigenvalue weighted by molar-refractivity contribution is -0.121. The van der Waals surface area contributed by atoms with Gasteiger partial charge in [-0.15, -0.1) is 0 Å². The Morgan fingerprint density at radius 3 is 2.29 bits per heavy atom. The van der Waals surface area contributed by atoms with Crippen molar-refractivity contribution in [2.75, 3.05) is 0 Å². The minimum atomic E-state index is -3.28. The Morgan fingerprint density at radius 2 is 1.75 bits per heavy atom. The van der Waals surface area contributed by atoms with Crippen LogP contribution in [0.2, 0.25) is 0 Å². The number of nitrogens with one attached hydrogen (secondary N) is 1. The zero-order valence-electron chi connectivity index (χ0n) is 14.2. The van der Waals surface area contributed by atoms with E-state index < -0.39 is 15.1 Å². The summed E-state index contributed by atoms with van der Waals surface area (Å²) < 4.78 is 29.2. The normalized spacial score (nSPS) is 13.0. The molecule has 0 fully saturated rings. The highest BCUT2D eigenvalue weighted by Gasteiger charge is 2.19. The summed E-state index contributed by atoms with van der Waals surface area (Å²) in [5.41, 5.74) is 1.82. The topological polar surface area (TPSA) is 76.4 Å². The number of sulfone groups is 1. The molecule has 1 aromatic heterocycles. The van der Waals surface area contributed by atoms with Crippen molar-refractivity contribution in [1.82, 2.24) is 5.32 Å². The van der Waals surface area contributed by atoms with Crippen LogP contribution in [0.1, 0.15) is 31.9 Å². The number of furan rings is 1. The van der Waals surface area contributed by atoms with E-state index in [2.05, 4.69) is 5.32 Å². The molecule has 1 atom stereocenters. The number of hydrogen-bond acceptors (Lipinski definition) is 4. The summed E-state index contributed by atoms with van der Waals surface area (Å²) in [6.07, 6.45) is 4.19. The third-order valence-electron chi connectivity index (χ3n) is 3.77. The first-order chi connectivity index (χ1) is 11.3. The molecule has 1 unspecified atom stereocenters. The van der Waals surface area contributed by atoms with Crippen LogP contribution in [0.4, 0.5) is 0 Å². The van der Waals surface area contributed by atoms with Gasteiger partial charge in [0.2, 0.25) is 5.91 Å². The van der Waals surface area contributed by atoms with Gasteiger partial charge in [0.25, 0.3) is 0 Å². The van der Waals surface area contributed by atoms with Crippen LogP contribution in [-0.2, 0) is 27.5 Å². The van der Waals surface area contributed by atoms with Crippen molar-refractivity contribution in [1.29, 1.82) is 0 Å². The summed E-state index contributed by atoms with van der Waals surface area (Å²) in [5.74, 6) is -0.0922. The standard InChI is InChI=1S/C18H23NO4S/c1-13(2)24(21,22)17-6-4-15(5-7-17)11-18(20)19-14(3)10-16-8-9-23-12-16/h4-9,12-14H,10-11H2,1-3H3,(H,19,20). The molecule has 0 aliphatic carbocycles. The highest BCUT2D eigenvalue weighted by Crippen LogP contribution is 2.16. The Kier molecular flexibility index (Phi) is 5.83. The maximum Gasteiger partial charge on any atom is 0.224 e. The molecule has 1 N–H and O–H groups in total. The van der Waals surface area contributed by atoms with E-state index in [4.69, 9.17) is 4.42 Å². The molecule has 0 saturated heterocycles. The van der Waals surface area contributed by atoms with Gasteiger partial charge >= 0.3 is 0 Å². The third-order valence-corrected chi connectivity index (χ3v) is 5.94. The average molecular weight is 349 g/mol. The van der Waals surface area contributed by atoms with E-state index in [-0.39, 0.29) is 23.3 Å². The number of carbonyl (C=O) groups is 1. The SMILES string of the molecule is CC(Cc1ccoc1)NC(=O)Cc1ccc(S(=O)(=O)C(C)C)cc1. The molecule has 1 heterocycles. The molecule has 130 valence electrons. The molecule has 24 heavy (non-hydrogen) atoms. The van der Waals surface area contributed by atoms with Crippen molar-refractivity contribution < 1.29 is 17.6 Å². The second-order valence-corrected chi connectivity index (χ2v) is 8.72. The van der Waals surface area contributed by atoms with E-state index in [0.29, 0.717) is 6.42 Å². The van der Waals surface area contributed by atoms with Crippen LogP contribution in [0.3, 0.4) is 0 Å². The monoisotopic (exact) mass is 349 g/mol. The Balaban J connectivity index is 1.92. The van der Waals surface area contributed by atoms with Crippen molar-refractivity contribution in [3.05, 3.63) is 54.0 Å². The Hall–Kier alpha value is -2.08. The van der Waals surface area contributed by atoms with E-state index in [1.54, 1.807) is 50.6 Å². The van der Waals surface area contributed by atoms with Crippen molar-refractivity contribution in [2.45, 2.75) is 49.8 Å². The lowest BCUT2D eigenvalue weighted by Gasteiger charge is -2.13. The number of amides is 1. The molecule has 5 nitrogen and oxygen atoms in total. The molecule has 6 heteroatoms. The summed E-state index contributed by atoms with van der Waals surface area (Å²) in [6, 6.07) is 8.37. The molecular formula is C18H23NO4S. The molecule has 0 aliphatic heterocycles. The van der Waals surface area contributed by atoms with Gasteiger partial charge in [-0.25, -0.2) is 8.42 Å². The Labute approximate surface area is 143 Å². The fourth-order valence-corrected chi connectivity index (χ4v) is 3.45. The highest BCUT2D eigenvalue weighted by molar-refractivity contribution is 7.92. The smallest absolute Gasteiger partial charge is 0.224 e. The second kappa shape index (κ2) is 7.66. The predicted octanol–water partition coefficient (Wildman–Crippen LogP) is 2.75. The van der Waals surface area contributed by atoms with E-state index in [0.717, 1.165) is 11.1 Å². The van der Waals surface area contributed by atoms with Gasteiger partial charge < -0.3 is 9.73 Å². The lowest BCUT2D eigenvalue weighted by Crippen LogP contribution is -2.35. The highest BCUT2D eigenvalue weighted by atomic mass is 32.2. The van der Waals surface area contributed by atoms with Gasteiger partial charge in [0.15, 0.2) is 9.84 Å². The minimum absolute atomic E-state index is 0.00399. The zero-order valence-corrected chi connectivity index (χ0v) is 15.0. The fraction of sp³-hybridized carbons (Fsp3) is 0.389. The molecule has 0 aliphatic rings. The van der Waals surface area contributed by atoms with E-state index >= 15 is 0 Å². The zero-order chi connectivity index (χ0) is 17.7. The van der Waals surface area contributed by atoms with Crippen LogP contribution in [0, 0.1) is 0 Å². The number of rotatable bonds is 7. The lowest BCUT2D eigenvalue weighted by atomic mass is 10.1. The predicted molar refractivity (Wildman–Crippen MR) is 92.5 cm³/mol. The van der Waals surface area contributed by atoms with Gasteiger partial charge in [-0.1, -0.05) is 12.1 Å². The molecule has 1 amide bonds. The average Bonchev–Trinajstić information content (AvgIpc) is 3.00. The molecule has 0 bridgehead atoms. The Bertz CT molecular complexity index is 762. The first-order valence-electron chi connectivity index (χ1n) is 7.92. The largest absolute Gasteiger partial charge is 0.472 e. The number of benzene rings is 1. The maximum atomic E-state index is 12.1. The maximum absolute atomic E-state index is 12.1. The molecule has 0 radical (unpaired) electrons. The van der Waals surface area contributed by atoms with Crippen LogP contribution >= 0.6 is 0 Å². The molecule has 1 aromatic carbocycles. The van der Waals surface area contributed by atoms with Crippen LogP contribution in [0.25, 0.3) is 0 Å². The summed E-state index contributed by atoms with van der Waals surface area (Å²) in [6.45, 7) is 5.24. The summed E-state index contributed by atoms with van der Waals surface area (Å²) in [5, 5.41) is 2.47. The number of hydrogen-bond donors (Lipinski definition) is 1. The summed E-state index contributed by atoms with van der Waals surface area (Å²) in [7, 11) is -3.28. The van der Waals surface area contributed by atoms with E-state index in [1.807, 2.05) is 13.0 Å². The Morgan fingerprint density at radius 1 is 1.08 bits per heavy atom. The van der Waals surface area contributed by atoms with Crippen molar-refractivity contribution >= 4 is 15.7 Å². The van der Waals surface area contributed by atoms with Crippen molar-refractivity contribution in [3.63, 3.8) is 0 Å². The van der Waals surface area contributed by atoms with Gasteiger partial charge in [0.1, 0.15) is 0 Å². The minimum Gasteiger partial charge on any atom is -0.472 e. The van der Waals surface area contributed by atoms with Gasteiger partial charge in [-0.3, -0.25) is 4.79 Å². The fourth-order valence-electron chi connectivity index (χ4n) is 2.39. The van der Waals surface area contributed by atoms with E-state index in [1.165, 1.54) is 0 Å². The van der Waals surface area contributed by atoms with Crippen molar-refractivity contribution in [2.24, 2.45) is 0 Å². The third kappa shape index (κ3) is 4.71. The second-order valence-electron chi connectivity index (χ2n) is 6.22. The summed E-state index contributed by atoms with van der Waals surface area (Å²) >= 11 is 0. The van der Waals surface area contributed by atoms with Gasteiger partial charge in [-0.2, -0.15) is 0 Å². The van der Waals surface area contributed by atoms with Crippen LogP contribution < -0.4 is 5.32 Å². The molecule has 2 aromatic rings. The molecule has 0 saturated carbocycles. The summed E-state index contributed by atoms with van der Waals surface area (Å²) in [4.78, 5) is 12.4. The van der Waals surface area contributed by atoms with Crippen molar-refractivity contribution in [3.8, 4) is 0 Å². The molecule has 0 spiro atoms. The quantitative estimate of drug-likeness (QED) is 0.834. The van der Waals surface area contributed by atoms with Gasteiger partial charge in [0, 0.05) is 6.04 Å². The van der Waals surface area contributed by atoms with Gasteiger partial charge in [-0.05, 0) is 56.5 Å². The molecular weight excluding hydrogens is 326 g/mol. The first-order valence-corrected chi connectivity index (χ1v) is 9.47. The number of carbonyl (C=O) groups excluding carboxylic acids is 1. The first kappa shape index (κ1) is 18.3. The van der Waals surface area contributed by atoms with Crippen LogP contribution in [0.15, 0.2) is 52.2 Å². The van der Waals surface area contributed by atoms with Crippen LogP contribution in [0.5, 0.6) is 0 Å².